The Morgan fingerprint density at radius 2 is 1.76 bits per heavy atom. The van der Waals surface area contributed by atoms with Crippen LogP contribution in [0.5, 0.6) is 0 Å². The minimum atomic E-state index is -4.60. The van der Waals surface area contributed by atoms with Crippen molar-refractivity contribution in [3.05, 3.63) is 70.0 Å². The molecule has 0 saturated carbocycles. The molecule has 192 valence electrons. The molecule has 0 amide bonds. The molecule has 0 fully saturated rings. The van der Waals surface area contributed by atoms with Crippen LogP contribution >= 0.6 is 11.8 Å². The van der Waals surface area contributed by atoms with Crippen molar-refractivity contribution in [2.75, 3.05) is 13.1 Å². The molecule has 0 bridgehead atoms. The summed E-state index contributed by atoms with van der Waals surface area (Å²) in [6, 6.07) is 4.47. The molecule has 6 rings (SSSR count). The van der Waals surface area contributed by atoms with Gasteiger partial charge in [-0.2, -0.15) is 13.2 Å². The number of aromatic nitrogens is 5. The molecule has 7 nitrogen and oxygen atoms in total. The molecule has 0 radical (unpaired) electrons. The molecule has 2 aliphatic rings. The predicted octanol–water partition coefficient (Wildman–Crippen LogP) is 4.08. The molecule has 1 unspecified atom stereocenters. The molecule has 14 heteroatoms. The van der Waals surface area contributed by atoms with E-state index in [1.165, 1.54) is 22.5 Å². The van der Waals surface area contributed by atoms with E-state index in [9.17, 15) is 31.1 Å². The van der Waals surface area contributed by atoms with Crippen molar-refractivity contribution >= 4 is 22.7 Å². The number of rotatable bonds is 3. The Hall–Kier alpha value is -3.39. The smallest absolute Gasteiger partial charge is 0.305 e. The highest BCUT2D eigenvalue weighted by molar-refractivity contribution is 8.00. The summed E-state index contributed by atoms with van der Waals surface area (Å²) < 4.78 is 84.4. The second kappa shape index (κ2) is 8.58. The summed E-state index contributed by atoms with van der Waals surface area (Å²) in [7, 11) is 0. The van der Waals surface area contributed by atoms with Gasteiger partial charge in [0.25, 0.3) is 0 Å². The van der Waals surface area contributed by atoms with Gasteiger partial charge < -0.3 is 4.57 Å². The van der Waals surface area contributed by atoms with E-state index in [0.717, 1.165) is 10.6 Å². The molecule has 0 spiro atoms. The van der Waals surface area contributed by atoms with Crippen LogP contribution < -0.4 is 5.69 Å². The SMILES string of the molecule is O=c1ncc2ccc(-c3cc(F)c(F)cc3F)c3c2n1CC(CN1CCn2c(nnc2C(F)(F)F)C1)S3. The van der Waals surface area contributed by atoms with Crippen LogP contribution in [-0.4, -0.2) is 47.6 Å². The first-order chi connectivity index (χ1) is 17.6. The topological polar surface area (TPSA) is 68.8 Å². The van der Waals surface area contributed by atoms with E-state index < -0.39 is 35.1 Å². The van der Waals surface area contributed by atoms with Crippen molar-refractivity contribution in [2.45, 2.75) is 36.0 Å². The molecule has 2 aromatic heterocycles. The van der Waals surface area contributed by atoms with Crippen LogP contribution in [0.15, 0.2) is 40.2 Å². The number of nitrogens with zero attached hydrogens (tertiary/aromatic N) is 6. The van der Waals surface area contributed by atoms with Gasteiger partial charge in [0.15, 0.2) is 11.6 Å². The molecule has 2 aliphatic heterocycles. The van der Waals surface area contributed by atoms with Crippen LogP contribution in [0.4, 0.5) is 26.3 Å². The number of hydrogen-bond acceptors (Lipinski definition) is 6. The third kappa shape index (κ3) is 4.07. The van der Waals surface area contributed by atoms with Crippen molar-refractivity contribution in [2.24, 2.45) is 0 Å². The maximum absolute atomic E-state index is 14.7. The third-order valence-corrected chi connectivity index (χ3v) is 7.78. The first kappa shape index (κ1) is 24.0. The highest BCUT2D eigenvalue weighted by Crippen LogP contribution is 2.43. The quantitative estimate of drug-likeness (QED) is 0.289. The van der Waals surface area contributed by atoms with E-state index in [2.05, 4.69) is 15.2 Å². The summed E-state index contributed by atoms with van der Waals surface area (Å²) in [6.45, 7) is 1.10. The van der Waals surface area contributed by atoms with Crippen molar-refractivity contribution < 1.29 is 26.3 Å². The fraction of sp³-hybridized carbons (Fsp3) is 0.304. The van der Waals surface area contributed by atoms with Crippen LogP contribution in [0.25, 0.3) is 22.0 Å². The standard InChI is InChI=1S/C23H16F6N6OS/c24-15-6-17(26)16(25)5-14(15)13-2-1-11-7-30-22(36)35-9-12(37-20(13)19(11)35)8-33-3-4-34-18(10-33)31-32-21(34)23(27,28)29/h1-2,5-7,12H,3-4,8-10H2. The summed E-state index contributed by atoms with van der Waals surface area (Å²) in [5.74, 6) is -4.32. The zero-order chi connectivity index (χ0) is 26.1. The van der Waals surface area contributed by atoms with Crippen molar-refractivity contribution in [1.29, 1.82) is 0 Å². The van der Waals surface area contributed by atoms with Gasteiger partial charge >= 0.3 is 11.9 Å². The van der Waals surface area contributed by atoms with Gasteiger partial charge in [-0.3, -0.25) is 9.47 Å². The maximum Gasteiger partial charge on any atom is 0.451 e. The number of thioether (sulfide) groups is 1. The van der Waals surface area contributed by atoms with Gasteiger partial charge in [0.2, 0.25) is 5.82 Å². The molecule has 1 atom stereocenters. The Bertz CT molecular complexity index is 1620. The molecule has 0 saturated heterocycles. The zero-order valence-corrected chi connectivity index (χ0v) is 19.6. The molecule has 0 N–H and O–H groups in total. The molecule has 0 aliphatic carbocycles. The second-order valence-corrected chi connectivity index (χ2v) is 10.2. The van der Waals surface area contributed by atoms with Crippen molar-refractivity contribution in [3.63, 3.8) is 0 Å². The lowest BCUT2D eigenvalue weighted by atomic mass is 10.0. The molecular formula is C23H16F6N6OS. The van der Waals surface area contributed by atoms with Gasteiger partial charge in [-0.05, 0) is 6.07 Å². The van der Waals surface area contributed by atoms with Crippen LogP contribution in [-0.2, 0) is 25.8 Å². The average molecular weight is 538 g/mol. The minimum Gasteiger partial charge on any atom is -0.305 e. The van der Waals surface area contributed by atoms with Gasteiger partial charge in [-0.15, -0.1) is 22.0 Å². The van der Waals surface area contributed by atoms with Gasteiger partial charge in [-0.25, -0.2) is 22.9 Å². The lowest BCUT2D eigenvalue weighted by Gasteiger charge is -2.33. The van der Waals surface area contributed by atoms with E-state index in [4.69, 9.17) is 0 Å². The normalized spacial score (nSPS) is 17.8. The first-order valence-corrected chi connectivity index (χ1v) is 12.0. The maximum atomic E-state index is 14.7. The van der Waals surface area contributed by atoms with E-state index >= 15 is 0 Å². The monoisotopic (exact) mass is 538 g/mol. The summed E-state index contributed by atoms with van der Waals surface area (Å²) >= 11 is 1.35. The fourth-order valence-corrected chi connectivity index (χ4v) is 6.34. The molecule has 4 aromatic rings. The minimum absolute atomic E-state index is 0.0492. The largest absolute Gasteiger partial charge is 0.451 e. The summed E-state index contributed by atoms with van der Waals surface area (Å²) in [6.07, 6.45) is -3.20. The highest BCUT2D eigenvalue weighted by atomic mass is 32.2. The van der Waals surface area contributed by atoms with E-state index in [-0.39, 0.29) is 36.3 Å². The second-order valence-electron chi connectivity index (χ2n) is 8.84. The Morgan fingerprint density at radius 3 is 2.54 bits per heavy atom. The number of alkyl halides is 3. The highest BCUT2D eigenvalue weighted by Gasteiger charge is 2.40. The Labute approximate surface area is 208 Å². The van der Waals surface area contributed by atoms with Crippen LogP contribution in [0.2, 0.25) is 0 Å². The first-order valence-electron chi connectivity index (χ1n) is 11.2. The number of benzene rings is 2. The summed E-state index contributed by atoms with van der Waals surface area (Å²) in [5.41, 5.74) is 0.142. The zero-order valence-electron chi connectivity index (χ0n) is 18.8. The molecular weight excluding hydrogens is 522 g/mol. The molecule has 37 heavy (non-hydrogen) atoms. The number of hydrogen-bond donors (Lipinski definition) is 0. The van der Waals surface area contributed by atoms with Gasteiger partial charge in [0, 0.05) is 65.1 Å². The van der Waals surface area contributed by atoms with Crippen LogP contribution in [0, 0.1) is 17.5 Å². The number of halogens is 6. The molecule has 2 aromatic carbocycles. The third-order valence-electron chi connectivity index (χ3n) is 6.50. The lowest BCUT2D eigenvalue weighted by molar-refractivity contribution is -0.148. The summed E-state index contributed by atoms with van der Waals surface area (Å²) in [4.78, 5) is 19.0. The van der Waals surface area contributed by atoms with Gasteiger partial charge in [0.05, 0.1) is 12.1 Å². The van der Waals surface area contributed by atoms with Crippen molar-refractivity contribution in [1.82, 2.24) is 29.2 Å². The van der Waals surface area contributed by atoms with Crippen molar-refractivity contribution in [3.8, 4) is 11.1 Å². The fourth-order valence-electron chi connectivity index (χ4n) is 4.85. The van der Waals surface area contributed by atoms with Gasteiger partial charge in [0.1, 0.15) is 11.6 Å². The van der Waals surface area contributed by atoms with Crippen LogP contribution in [0.3, 0.4) is 0 Å². The Kier molecular flexibility index (Phi) is 5.56. The predicted molar refractivity (Wildman–Crippen MR) is 121 cm³/mol. The van der Waals surface area contributed by atoms with Gasteiger partial charge in [-0.1, -0.05) is 12.1 Å². The van der Waals surface area contributed by atoms with E-state index in [1.807, 2.05) is 4.90 Å². The summed E-state index contributed by atoms with van der Waals surface area (Å²) in [5, 5.41) is 7.34. The Morgan fingerprint density at radius 1 is 0.973 bits per heavy atom. The molecule has 4 heterocycles. The average Bonchev–Trinajstić information content (AvgIpc) is 3.28. The van der Waals surface area contributed by atoms with E-state index in [0.29, 0.717) is 40.5 Å². The van der Waals surface area contributed by atoms with Crippen LogP contribution in [0.1, 0.15) is 11.6 Å². The van der Waals surface area contributed by atoms with E-state index in [1.54, 1.807) is 12.1 Å². The lowest BCUT2D eigenvalue weighted by Crippen LogP contribution is -2.41. The number of fused-ring (bicyclic) bond motifs is 1. The Balaban J connectivity index is 1.35.